The Labute approximate surface area is 147 Å². The topological polar surface area (TPSA) is 77.4 Å². The Morgan fingerprint density at radius 1 is 1.40 bits per heavy atom. The minimum atomic E-state index is -0.329. The fraction of sp³-hybridized carbons (Fsp3) is 0.444. The number of para-hydroxylation sites is 2. The van der Waals surface area contributed by atoms with Gasteiger partial charge in [-0.1, -0.05) is 19.1 Å². The zero-order valence-electron chi connectivity index (χ0n) is 14.4. The summed E-state index contributed by atoms with van der Waals surface area (Å²) in [6.07, 6.45) is 6.71. The molecule has 25 heavy (non-hydrogen) atoms. The van der Waals surface area contributed by atoms with Gasteiger partial charge in [-0.05, 0) is 31.4 Å². The van der Waals surface area contributed by atoms with Crippen LogP contribution in [0.3, 0.4) is 0 Å². The maximum absolute atomic E-state index is 12.2. The third-order valence-corrected chi connectivity index (χ3v) is 3.90. The number of aromatic nitrogens is 2. The molecule has 7 heteroatoms. The first kappa shape index (κ1) is 17.3. The Balaban J connectivity index is 1.55. The number of anilines is 2. The summed E-state index contributed by atoms with van der Waals surface area (Å²) in [6.45, 7) is 4.17. The van der Waals surface area contributed by atoms with Crippen molar-refractivity contribution in [2.24, 2.45) is 0 Å². The van der Waals surface area contributed by atoms with Crippen LogP contribution in [0.2, 0.25) is 0 Å². The highest BCUT2D eigenvalue weighted by atomic mass is 16.5. The molecule has 0 saturated carbocycles. The van der Waals surface area contributed by atoms with Gasteiger partial charge in [-0.25, -0.2) is 4.79 Å². The lowest BCUT2D eigenvalue weighted by molar-refractivity contribution is 0.0940. The average molecular weight is 344 g/mol. The zero-order valence-corrected chi connectivity index (χ0v) is 14.4. The summed E-state index contributed by atoms with van der Waals surface area (Å²) in [7, 11) is 0. The molecule has 2 amide bonds. The van der Waals surface area contributed by atoms with Crippen molar-refractivity contribution in [2.75, 3.05) is 23.8 Å². The quantitative estimate of drug-likeness (QED) is 0.806. The van der Waals surface area contributed by atoms with Gasteiger partial charge in [0.25, 0.3) is 0 Å². The Kier molecular flexibility index (Phi) is 5.90. The highest BCUT2D eigenvalue weighted by Gasteiger charge is 2.16. The molecule has 0 bridgehead atoms. The van der Waals surface area contributed by atoms with Gasteiger partial charge in [-0.15, -0.1) is 0 Å². The highest BCUT2D eigenvalue weighted by molar-refractivity contribution is 6.00. The number of carbonyl (C=O) groups is 1. The molecule has 1 aliphatic rings. The van der Waals surface area contributed by atoms with E-state index in [4.69, 9.17) is 9.47 Å². The van der Waals surface area contributed by atoms with Crippen molar-refractivity contribution in [2.45, 2.75) is 38.8 Å². The highest BCUT2D eigenvalue weighted by Crippen LogP contribution is 2.24. The number of rotatable bonds is 7. The standard InChI is InChI=1S/C18H24N4O3/c1-2-9-25-17-8-4-3-7-16(17)21-18(23)20-14-11-19-22(12-14)13-15-6-5-10-24-15/h3-4,7-8,11-12,15H,2,5-6,9-10,13H2,1H3,(H2,20,21,23). The molecule has 134 valence electrons. The summed E-state index contributed by atoms with van der Waals surface area (Å²) in [5, 5.41) is 9.87. The van der Waals surface area contributed by atoms with Crippen molar-refractivity contribution in [1.82, 2.24) is 9.78 Å². The SMILES string of the molecule is CCCOc1ccccc1NC(=O)Nc1cnn(CC2CCCO2)c1. The van der Waals surface area contributed by atoms with E-state index in [9.17, 15) is 4.79 Å². The molecule has 0 radical (unpaired) electrons. The second-order valence-electron chi connectivity index (χ2n) is 6.01. The van der Waals surface area contributed by atoms with Gasteiger partial charge in [0.2, 0.25) is 0 Å². The van der Waals surface area contributed by atoms with Crippen LogP contribution in [0.4, 0.5) is 16.2 Å². The first-order valence-corrected chi connectivity index (χ1v) is 8.68. The normalized spacial score (nSPS) is 16.6. The summed E-state index contributed by atoms with van der Waals surface area (Å²) in [5.74, 6) is 0.661. The first-order valence-electron chi connectivity index (χ1n) is 8.68. The van der Waals surface area contributed by atoms with Gasteiger partial charge < -0.3 is 20.1 Å². The second-order valence-corrected chi connectivity index (χ2v) is 6.01. The predicted molar refractivity (Wildman–Crippen MR) is 96.1 cm³/mol. The number of ether oxygens (including phenoxy) is 2. The molecule has 1 aliphatic heterocycles. The molecule has 0 spiro atoms. The second kappa shape index (κ2) is 8.53. The van der Waals surface area contributed by atoms with Crippen molar-refractivity contribution in [1.29, 1.82) is 0 Å². The summed E-state index contributed by atoms with van der Waals surface area (Å²) >= 11 is 0. The van der Waals surface area contributed by atoms with Crippen molar-refractivity contribution in [3.63, 3.8) is 0 Å². The largest absolute Gasteiger partial charge is 0.491 e. The molecule has 7 nitrogen and oxygen atoms in total. The molecule has 1 saturated heterocycles. The van der Waals surface area contributed by atoms with Gasteiger partial charge in [0, 0.05) is 12.8 Å². The van der Waals surface area contributed by atoms with Gasteiger partial charge in [0.15, 0.2) is 0 Å². The minimum Gasteiger partial charge on any atom is -0.491 e. The van der Waals surface area contributed by atoms with Gasteiger partial charge in [-0.3, -0.25) is 4.68 Å². The van der Waals surface area contributed by atoms with Crippen LogP contribution in [-0.2, 0) is 11.3 Å². The number of nitrogens with one attached hydrogen (secondary N) is 2. The van der Waals surface area contributed by atoms with E-state index >= 15 is 0 Å². The van der Waals surface area contributed by atoms with Crippen LogP contribution in [0.25, 0.3) is 0 Å². The van der Waals surface area contributed by atoms with Crippen LogP contribution in [-0.4, -0.2) is 35.1 Å². The molecule has 2 heterocycles. The van der Waals surface area contributed by atoms with Gasteiger partial charge in [-0.2, -0.15) is 5.10 Å². The van der Waals surface area contributed by atoms with Gasteiger partial charge in [0.1, 0.15) is 5.75 Å². The number of hydrogen-bond acceptors (Lipinski definition) is 4. The molecule has 3 rings (SSSR count). The van der Waals surface area contributed by atoms with E-state index in [1.165, 1.54) is 0 Å². The van der Waals surface area contributed by atoms with E-state index in [2.05, 4.69) is 15.7 Å². The average Bonchev–Trinajstić information content (AvgIpc) is 3.26. The van der Waals surface area contributed by atoms with Crippen LogP contribution >= 0.6 is 0 Å². The van der Waals surface area contributed by atoms with Crippen LogP contribution < -0.4 is 15.4 Å². The third kappa shape index (κ3) is 4.96. The maximum Gasteiger partial charge on any atom is 0.323 e. The summed E-state index contributed by atoms with van der Waals surface area (Å²) < 4.78 is 13.0. The van der Waals surface area contributed by atoms with Crippen molar-refractivity contribution in [3.05, 3.63) is 36.7 Å². The Morgan fingerprint density at radius 3 is 3.08 bits per heavy atom. The Bertz CT molecular complexity index is 695. The van der Waals surface area contributed by atoms with E-state index in [1.807, 2.05) is 31.2 Å². The van der Waals surface area contributed by atoms with Gasteiger partial charge >= 0.3 is 6.03 Å². The Hall–Kier alpha value is -2.54. The number of carbonyl (C=O) groups excluding carboxylic acids is 1. The number of nitrogens with zero attached hydrogens (tertiary/aromatic N) is 2. The molecule has 2 N–H and O–H groups in total. The zero-order chi connectivity index (χ0) is 17.5. The van der Waals surface area contributed by atoms with Crippen molar-refractivity contribution >= 4 is 17.4 Å². The summed E-state index contributed by atoms with van der Waals surface area (Å²) in [5.41, 5.74) is 1.28. The lowest BCUT2D eigenvalue weighted by Gasteiger charge is -2.12. The fourth-order valence-electron chi connectivity index (χ4n) is 2.72. The van der Waals surface area contributed by atoms with Crippen LogP contribution in [0.1, 0.15) is 26.2 Å². The smallest absolute Gasteiger partial charge is 0.323 e. The van der Waals surface area contributed by atoms with Crippen LogP contribution in [0.5, 0.6) is 5.75 Å². The van der Waals surface area contributed by atoms with E-state index in [1.54, 1.807) is 17.1 Å². The van der Waals surface area contributed by atoms with Crippen LogP contribution in [0, 0.1) is 0 Å². The molecule has 1 aromatic carbocycles. The number of hydrogen-bond donors (Lipinski definition) is 2. The monoisotopic (exact) mass is 344 g/mol. The first-order chi connectivity index (χ1) is 12.2. The lowest BCUT2D eigenvalue weighted by atomic mass is 10.2. The van der Waals surface area contributed by atoms with E-state index < -0.39 is 0 Å². The molecule has 1 fully saturated rings. The Morgan fingerprint density at radius 2 is 2.28 bits per heavy atom. The van der Waals surface area contributed by atoms with E-state index in [-0.39, 0.29) is 12.1 Å². The third-order valence-electron chi connectivity index (χ3n) is 3.90. The van der Waals surface area contributed by atoms with Crippen molar-refractivity contribution < 1.29 is 14.3 Å². The van der Waals surface area contributed by atoms with E-state index in [0.717, 1.165) is 25.9 Å². The number of benzene rings is 1. The summed E-state index contributed by atoms with van der Waals surface area (Å²) in [6, 6.07) is 7.05. The molecule has 1 aromatic heterocycles. The molecule has 2 aromatic rings. The molecular weight excluding hydrogens is 320 g/mol. The van der Waals surface area contributed by atoms with Gasteiger partial charge in [0.05, 0.1) is 36.8 Å². The molecular formula is C18H24N4O3. The number of amides is 2. The predicted octanol–water partition coefficient (Wildman–Crippen LogP) is 3.49. The van der Waals surface area contributed by atoms with E-state index in [0.29, 0.717) is 30.3 Å². The van der Waals surface area contributed by atoms with Crippen molar-refractivity contribution in [3.8, 4) is 5.75 Å². The number of urea groups is 1. The fourth-order valence-corrected chi connectivity index (χ4v) is 2.72. The summed E-state index contributed by atoms with van der Waals surface area (Å²) in [4.78, 5) is 12.2. The molecule has 1 atom stereocenters. The molecule has 1 unspecified atom stereocenters. The lowest BCUT2D eigenvalue weighted by Crippen LogP contribution is -2.20. The minimum absolute atomic E-state index is 0.212. The maximum atomic E-state index is 12.2. The molecule has 0 aliphatic carbocycles. The van der Waals surface area contributed by atoms with Crippen LogP contribution in [0.15, 0.2) is 36.7 Å².